The first kappa shape index (κ1) is 10.8. The average Bonchev–Trinajstić information content (AvgIpc) is 2.69. The van der Waals surface area contributed by atoms with Crippen molar-refractivity contribution in [3.8, 4) is 0 Å². The first-order valence-electron chi connectivity index (χ1n) is 5.16. The van der Waals surface area contributed by atoms with E-state index in [1.54, 1.807) is 12.3 Å². The first-order chi connectivity index (χ1) is 7.70. The van der Waals surface area contributed by atoms with Gasteiger partial charge < -0.3 is 10.3 Å². The van der Waals surface area contributed by atoms with Gasteiger partial charge in [0.05, 0.1) is 6.54 Å². The molecule has 2 rings (SSSR count). The van der Waals surface area contributed by atoms with Crippen molar-refractivity contribution in [3.05, 3.63) is 53.4 Å². The van der Waals surface area contributed by atoms with E-state index < -0.39 is 0 Å². The molecule has 0 radical (unpaired) electrons. The minimum atomic E-state index is -0.203. The minimum Gasteiger partial charge on any atom is -0.329 e. The molecule has 3 nitrogen and oxygen atoms in total. The van der Waals surface area contributed by atoms with Crippen molar-refractivity contribution in [1.82, 2.24) is 9.55 Å². The lowest BCUT2D eigenvalue weighted by Gasteiger charge is -2.09. The van der Waals surface area contributed by atoms with Crippen LogP contribution in [0.25, 0.3) is 0 Å². The molecule has 0 unspecified atom stereocenters. The molecule has 0 aliphatic carbocycles. The molecule has 1 heterocycles. The molecular formula is C12H14FN3. The maximum atomic E-state index is 12.9. The Balaban J connectivity index is 2.27. The fourth-order valence-electron chi connectivity index (χ4n) is 1.69. The molecule has 0 atom stereocenters. The Morgan fingerprint density at radius 2 is 2.25 bits per heavy atom. The first-order valence-corrected chi connectivity index (χ1v) is 5.16. The molecule has 2 N–H and O–H groups in total. The highest BCUT2D eigenvalue weighted by Crippen LogP contribution is 2.12. The molecule has 0 amide bonds. The van der Waals surface area contributed by atoms with Crippen molar-refractivity contribution in [3.63, 3.8) is 0 Å². The number of nitrogens with two attached hydrogens (primary N) is 1. The second-order valence-electron chi connectivity index (χ2n) is 3.75. The van der Waals surface area contributed by atoms with Gasteiger partial charge in [-0.3, -0.25) is 0 Å². The Kier molecular flexibility index (Phi) is 3.01. The summed E-state index contributed by atoms with van der Waals surface area (Å²) in [4.78, 5) is 4.14. The highest BCUT2D eigenvalue weighted by atomic mass is 19.1. The monoisotopic (exact) mass is 219 g/mol. The van der Waals surface area contributed by atoms with Crippen LogP contribution in [0.4, 0.5) is 4.39 Å². The summed E-state index contributed by atoms with van der Waals surface area (Å²) in [6.07, 6.45) is 3.60. The molecule has 2 aromatic rings. The van der Waals surface area contributed by atoms with E-state index in [1.807, 2.05) is 17.7 Å². The predicted molar refractivity (Wildman–Crippen MR) is 60.4 cm³/mol. The van der Waals surface area contributed by atoms with Crippen LogP contribution in [0.1, 0.15) is 17.0 Å². The highest BCUT2D eigenvalue weighted by Gasteiger charge is 2.04. The third kappa shape index (κ3) is 2.12. The summed E-state index contributed by atoms with van der Waals surface area (Å²) in [5, 5.41) is 0. The van der Waals surface area contributed by atoms with E-state index in [4.69, 9.17) is 5.73 Å². The molecular weight excluding hydrogens is 205 g/mol. The minimum absolute atomic E-state index is 0.203. The second kappa shape index (κ2) is 4.45. The number of aryl methyl sites for hydroxylation is 1. The van der Waals surface area contributed by atoms with Crippen molar-refractivity contribution in [2.45, 2.75) is 20.0 Å². The van der Waals surface area contributed by atoms with Crippen LogP contribution in [0.3, 0.4) is 0 Å². The molecule has 0 bridgehead atoms. The quantitative estimate of drug-likeness (QED) is 0.856. The number of benzene rings is 1. The topological polar surface area (TPSA) is 43.8 Å². The van der Waals surface area contributed by atoms with Gasteiger partial charge in [-0.25, -0.2) is 9.37 Å². The summed E-state index contributed by atoms with van der Waals surface area (Å²) in [5.41, 5.74) is 7.59. The molecule has 0 aliphatic heterocycles. The van der Waals surface area contributed by atoms with Crippen LogP contribution in [0, 0.1) is 12.7 Å². The SMILES string of the molecule is Cc1cc(F)ccc1Cn1ccnc1CN. The fourth-order valence-corrected chi connectivity index (χ4v) is 1.69. The highest BCUT2D eigenvalue weighted by molar-refractivity contribution is 5.27. The lowest BCUT2D eigenvalue weighted by molar-refractivity contribution is 0.624. The van der Waals surface area contributed by atoms with E-state index in [0.717, 1.165) is 17.0 Å². The van der Waals surface area contributed by atoms with Gasteiger partial charge in [-0.15, -0.1) is 0 Å². The molecule has 0 fully saturated rings. The molecule has 1 aromatic heterocycles. The third-order valence-corrected chi connectivity index (χ3v) is 2.63. The molecule has 16 heavy (non-hydrogen) atoms. The predicted octanol–water partition coefficient (Wildman–Crippen LogP) is 1.84. The third-order valence-electron chi connectivity index (χ3n) is 2.63. The van der Waals surface area contributed by atoms with E-state index in [9.17, 15) is 4.39 Å². The summed E-state index contributed by atoms with van der Waals surface area (Å²) in [5.74, 6) is 0.634. The van der Waals surface area contributed by atoms with Gasteiger partial charge in [-0.2, -0.15) is 0 Å². The van der Waals surface area contributed by atoms with Crippen LogP contribution < -0.4 is 5.73 Å². The van der Waals surface area contributed by atoms with Crippen molar-refractivity contribution in [2.24, 2.45) is 5.73 Å². The number of rotatable bonds is 3. The molecule has 0 spiro atoms. The van der Waals surface area contributed by atoms with E-state index in [1.165, 1.54) is 12.1 Å². The number of hydrogen-bond acceptors (Lipinski definition) is 2. The molecule has 84 valence electrons. The Labute approximate surface area is 93.7 Å². The summed E-state index contributed by atoms with van der Waals surface area (Å²) in [6, 6.07) is 4.81. The molecule has 0 saturated carbocycles. The van der Waals surface area contributed by atoms with E-state index in [-0.39, 0.29) is 5.82 Å². The van der Waals surface area contributed by atoms with Gasteiger partial charge in [-0.05, 0) is 30.2 Å². The molecule has 0 aliphatic rings. The second-order valence-corrected chi connectivity index (χ2v) is 3.75. The van der Waals surface area contributed by atoms with Crippen LogP contribution >= 0.6 is 0 Å². The molecule has 1 aromatic carbocycles. The molecule has 4 heteroatoms. The average molecular weight is 219 g/mol. The van der Waals surface area contributed by atoms with Gasteiger partial charge in [0, 0.05) is 18.9 Å². The van der Waals surface area contributed by atoms with Gasteiger partial charge in [0.1, 0.15) is 11.6 Å². The van der Waals surface area contributed by atoms with Crippen molar-refractivity contribution >= 4 is 0 Å². The maximum Gasteiger partial charge on any atom is 0.123 e. The Hall–Kier alpha value is -1.68. The Morgan fingerprint density at radius 1 is 1.44 bits per heavy atom. The number of halogens is 1. The molecule has 0 saturated heterocycles. The van der Waals surface area contributed by atoms with Crippen LogP contribution in [-0.2, 0) is 13.1 Å². The van der Waals surface area contributed by atoms with Crippen molar-refractivity contribution in [2.75, 3.05) is 0 Å². The summed E-state index contributed by atoms with van der Waals surface area (Å²) in [7, 11) is 0. The van der Waals surface area contributed by atoms with Crippen LogP contribution in [0.5, 0.6) is 0 Å². The van der Waals surface area contributed by atoms with E-state index in [2.05, 4.69) is 4.98 Å². The zero-order chi connectivity index (χ0) is 11.5. The largest absolute Gasteiger partial charge is 0.329 e. The fraction of sp³-hybridized carbons (Fsp3) is 0.250. The zero-order valence-corrected chi connectivity index (χ0v) is 9.15. The van der Waals surface area contributed by atoms with E-state index in [0.29, 0.717) is 13.1 Å². The Morgan fingerprint density at radius 3 is 2.94 bits per heavy atom. The number of aromatic nitrogens is 2. The van der Waals surface area contributed by atoms with Crippen LogP contribution in [0.15, 0.2) is 30.6 Å². The van der Waals surface area contributed by atoms with Gasteiger partial charge in [0.15, 0.2) is 0 Å². The van der Waals surface area contributed by atoms with Crippen molar-refractivity contribution in [1.29, 1.82) is 0 Å². The number of nitrogens with zero attached hydrogens (tertiary/aromatic N) is 2. The lowest BCUT2D eigenvalue weighted by Crippen LogP contribution is -2.09. The van der Waals surface area contributed by atoms with Gasteiger partial charge in [0.25, 0.3) is 0 Å². The summed E-state index contributed by atoms with van der Waals surface area (Å²) in [6.45, 7) is 2.99. The Bertz CT molecular complexity index is 491. The van der Waals surface area contributed by atoms with E-state index >= 15 is 0 Å². The van der Waals surface area contributed by atoms with Crippen LogP contribution in [-0.4, -0.2) is 9.55 Å². The number of imidazole rings is 1. The van der Waals surface area contributed by atoms with Crippen molar-refractivity contribution < 1.29 is 4.39 Å². The maximum absolute atomic E-state index is 12.9. The normalized spacial score (nSPS) is 10.7. The van der Waals surface area contributed by atoms with Gasteiger partial charge >= 0.3 is 0 Å². The number of hydrogen-bond donors (Lipinski definition) is 1. The summed E-state index contributed by atoms with van der Waals surface area (Å²) < 4.78 is 14.9. The smallest absolute Gasteiger partial charge is 0.123 e. The van der Waals surface area contributed by atoms with Crippen LogP contribution in [0.2, 0.25) is 0 Å². The van der Waals surface area contributed by atoms with Gasteiger partial charge in [0.2, 0.25) is 0 Å². The standard InChI is InChI=1S/C12H14FN3/c1-9-6-11(13)3-2-10(9)8-16-5-4-15-12(16)7-14/h2-6H,7-8,14H2,1H3. The summed E-state index contributed by atoms with van der Waals surface area (Å²) >= 11 is 0. The van der Waals surface area contributed by atoms with Gasteiger partial charge in [-0.1, -0.05) is 6.07 Å². The lowest BCUT2D eigenvalue weighted by atomic mass is 10.1. The zero-order valence-electron chi connectivity index (χ0n) is 9.15.